The number of phenolic OH excluding ortho intramolecular Hbond substituents is 1. The van der Waals surface area contributed by atoms with Crippen LogP contribution in [0.25, 0.3) is 11.0 Å². The molecule has 1 heterocycles. The van der Waals surface area contributed by atoms with Crippen molar-refractivity contribution in [3.8, 4) is 11.8 Å². The first-order valence-corrected chi connectivity index (χ1v) is 3.87. The third-order valence-electron chi connectivity index (χ3n) is 1.88. The van der Waals surface area contributed by atoms with Crippen LogP contribution >= 0.6 is 0 Å². The summed E-state index contributed by atoms with van der Waals surface area (Å²) in [5.74, 6) is -0.0279. The summed E-state index contributed by atoms with van der Waals surface area (Å²) in [7, 11) is 0. The van der Waals surface area contributed by atoms with Gasteiger partial charge in [0.2, 0.25) is 5.43 Å². The minimum atomic E-state index is -0.426. The van der Waals surface area contributed by atoms with Gasteiger partial charge in [-0.25, -0.2) is 0 Å². The van der Waals surface area contributed by atoms with E-state index in [9.17, 15) is 4.79 Å². The van der Waals surface area contributed by atoms with Crippen molar-refractivity contribution in [2.75, 3.05) is 0 Å². The first-order chi connectivity index (χ1) is 6.72. The minimum Gasteiger partial charge on any atom is -0.508 e. The maximum atomic E-state index is 11.5. The highest BCUT2D eigenvalue weighted by molar-refractivity contribution is 5.78. The fourth-order valence-corrected chi connectivity index (χ4v) is 1.20. The van der Waals surface area contributed by atoms with Gasteiger partial charge in [-0.1, -0.05) is 0 Å². The Morgan fingerprint density at radius 3 is 2.93 bits per heavy atom. The molecule has 0 unspecified atom stereocenters. The van der Waals surface area contributed by atoms with Gasteiger partial charge < -0.3 is 9.52 Å². The lowest BCUT2D eigenvalue weighted by atomic mass is 10.2. The van der Waals surface area contributed by atoms with Crippen molar-refractivity contribution in [1.82, 2.24) is 0 Å². The van der Waals surface area contributed by atoms with Gasteiger partial charge in [0.25, 0.3) is 0 Å². The molecule has 2 rings (SSSR count). The summed E-state index contributed by atoms with van der Waals surface area (Å²) in [4.78, 5) is 11.5. The van der Waals surface area contributed by atoms with E-state index in [0.29, 0.717) is 5.58 Å². The van der Waals surface area contributed by atoms with Gasteiger partial charge in [-0.15, -0.1) is 0 Å². The Balaban J connectivity index is 2.96. The molecule has 68 valence electrons. The van der Waals surface area contributed by atoms with E-state index in [2.05, 4.69) is 0 Å². The summed E-state index contributed by atoms with van der Waals surface area (Å²) < 4.78 is 5.04. The molecule has 0 saturated heterocycles. The second kappa shape index (κ2) is 2.89. The molecule has 1 aromatic heterocycles. The Bertz CT molecular complexity index is 592. The summed E-state index contributed by atoms with van der Waals surface area (Å²) in [6.07, 6.45) is 1.11. The molecule has 0 radical (unpaired) electrons. The molecule has 0 aliphatic carbocycles. The monoisotopic (exact) mass is 187 g/mol. The van der Waals surface area contributed by atoms with Gasteiger partial charge in [0.1, 0.15) is 29.2 Å². The molecule has 1 aromatic carbocycles. The molecule has 0 aliphatic heterocycles. The maximum Gasteiger partial charge on any atom is 0.210 e. The Hall–Kier alpha value is -2.28. The number of phenols is 1. The molecular formula is C10H5NO3. The van der Waals surface area contributed by atoms with E-state index in [0.717, 1.165) is 6.26 Å². The topological polar surface area (TPSA) is 74.2 Å². The van der Waals surface area contributed by atoms with E-state index in [-0.39, 0.29) is 16.7 Å². The van der Waals surface area contributed by atoms with Crippen molar-refractivity contribution in [2.24, 2.45) is 0 Å². The number of aromatic hydroxyl groups is 1. The summed E-state index contributed by atoms with van der Waals surface area (Å²) in [5, 5.41) is 17.9. The molecule has 0 saturated carbocycles. The maximum absolute atomic E-state index is 11.5. The predicted octanol–water partition coefficient (Wildman–Crippen LogP) is 1.37. The first kappa shape index (κ1) is 8.32. The van der Waals surface area contributed by atoms with Crippen LogP contribution in [0.1, 0.15) is 5.56 Å². The molecule has 0 spiro atoms. The van der Waals surface area contributed by atoms with Crippen LogP contribution in [0.15, 0.2) is 33.7 Å². The van der Waals surface area contributed by atoms with E-state index in [1.165, 1.54) is 18.2 Å². The summed E-state index contributed by atoms with van der Waals surface area (Å²) >= 11 is 0. The molecule has 0 amide bonds. The van der Waals surface area contributed by atoms with Crippen LogP contribution in [0.5, 0.6) is 5.75 Å². The standard InChI is InChI=1S/C10H5NO3/c11-4-6-5-14-9-2-1-7(12)3-8(9)10(6)13/h1-3,5,12H. The lowest BCUT2D eigenvalue weighted by Gasteiger charge is -1.96. The highest BCUT2D eigenvalue weighted by atomic mass is 16.3. The van der Waals surface area contributed by atoms with Crippen molar-refractivity contribution in [1.29, 1.82) is 5.26 Å². The lowest BCUT2D eigenvalue weighted by molar-refractivity contribution is 0.475. The van der Waals surface area contributed by atoms with E-state index in [1.807, 2.05) is 0 Å². The molecule has 0 aliphatic rings. The molecule has 4 heteroatoms. The second-order valence-electron chi connectivity index (χ2n) is 2.77. The normalized spacial score (nSPS) is 9.93. The Kier molecular flexibility index (Phi) is 1.72. The SMILES string of the molecule is N#Cc1coc2ccc(O)cc2c1=O. The van der Waals surface area contributed by atoms with Crippen LogP contribution in [0.3, 0.4) is 0 Å². The number of hydrogen-bond donors (Lipinski definition) is 1. The Labute approximate surface area is 78.6 Å². The van der Waals surface area contributed by atoms with Crippen molar-refractivity contribution in [3.63, 3.8) is 0 Å². The molecule has 14 heavy (non-hydrogen) atoms. The van der Waals surface area contributed by atoms with Gasteiger partial charge in [0, 0.05) is 0 Å². The third kappa shape index (κ3) is 1.12. The van der Waals surface area contributed by atoms with E-state index >= 15 is 0 Å². The zero-order valence-electron chi connectivity index (χ0n) is 7.02. The number of fused-ring (bicyclic) bond motifs is 1. The van der Waals surface area contributed by atoms with Gasteiger partial charge in [0.05, 0.1) is 5.39 Å². The molecule has 4 nitrogen and oxygen atoms in total. The minimum absolute atomic E-state index is 0.0279. The van der Waals surface area contributed by atoms with Crippen LogP contribution in [-0.2, 0) is 0 Å². The average molecular weight is 187 g/mol. The molecule has 0 fully saturated rings. The second-order valence-corrected chi connectivity index (χ2v) is 2.77. The van der Waals surface area contributed by atoms with Crippen LogP contribution in [0.4, 0.5) is 0 Å². The smallest absolute Gasteiger partial charge is 0.210 e. The summed E-state index contributed by atoms with van der Waals surface area (Å²) in [6, 6.07) is 5.89. The number of nitriles is 1. The molecule has 2 aromatic rings. The van der Waals surface area contributed by atoms with E-state index < -0.39 is 5.43 Å². The third-order valence-corrected chi connectivity index (χ3v) is 1.88. The van der Waals surface area contributed by atoms with Gasteiger partial charge >= 0.3 is 0 Å². The van der Waals surface area contributed by atoms with E-state index in [1.54, 1.807) is 6.07 Å². The number of benzene rings is 1. The number of nitrogens with zero attached hydrogens (tertiary/aromatic N) is 1. The highest BCUT2D eigenvalue weighted by Crippen LogP contribution is 2.17. The highest BCUT2D eigenvalue weighted by Gasteiger charge is 2.06. The van der Waals surface area contributed by atoms with Gasteiger partial charge in [-0.2, -0.15) is 5.26 Å². The molecular weight excluding hydrogens is 182 g/mol. The Morgan fingerprint density at radius 2 is 2.21 bits per heavy atom. The Morgan fingerprint density at radius 1 is 1.43 bits per heavy atom. The van der Waals surface area contributed by atoms with Crippen molar-refractivity contribution >= 4 is 11.0 Å². The van der Waals surface area contributed by atoms with Crippen molar-refractivity contribution < 1.29 is 9.52 Å². The largest absolute Gasteiger partial charge is 0.508 e. The number of rotatable bonds is 0. The van der Waals surface area contributed by atoms with Crippen LogP contribution in [0, 0.1) is 11.3 Å². The zero-order chi connectivity index (χ0) is 10.1. The van der Waals surface area contributed by atoms with Gasteiger partial charge in [-0.05, 0) is 18.2 Å². The fourth-order valence-electron chi connectivity index (χ4n) is 1.20. The van der Waals surface area contributed by atoms with Gasteiger partial charge in [-0.3, -0.25) is 4.79 Å². The molecule has 0 atom stereocenters. The van der Waals surface area contributed by atoms with Crippen molar-refractivity contribution in [2.45, 2.75) is 0 Å². The van der Waals surface area contributed by atoms with E-state index in [4.69, 9.17) is 14.8 Å². The number of hydrogen-bond acceptors (Lipinski definition) is 4. The summed E-state index contributed by atoms with van der Waals surface area (Å²) in [6.45, 7) is 0. The predicted molar refractivity (Wildman–Crippen MR) is 48.9 cm³/mol. The van der Waals surface area contributed by atoms with Crippen LogP contribution < -0.4 is 5.43 Å². The fraction of sp³-hybridized carbons (Fsp3) is 0. The zero-order valence-corrected chi connectivity index (χ0v) is 7.02. The molecule has 0 bridgehead atoms. The summed E-state index contributed by atoms with van der Waals surface area (Å²) in [5.41, 5.74) is -0.139. The lowest BCUT2D eigenvalue weighted by Crippen LogP contribution is -2.04. The van der Waals surface area contributed by atoms with Crippen LogP contribution in [-0.4, -0.2) is 5.11 Å². The van der Waals surface area contributed by atoms with Crippen molar-refractivity contribution in [3.05, 3.63) is 40.2 Å². The average Bonchev–Trinajstić information content (AvgIpc) is 2.20. The first-order valence-electron chi connectivity index (χ1n) is 3.87. The van der Waals surface area contributed by atoms with Gasteiger partial charge in [0.15, 0.2) is 0 Å². The molecule has 1 N–H and O–H groups in total. The van der Waals surface area contributed by atoms with Crippen LogP contribution in [0.2, 0.25) is 0 Å². The quantitative estimate of drug-likeness (QED) is 0.675.